The average Bonchev–Trinajstić information content (AvgIpc) is 3.37. The van der Waals surface area contributed by atoms with Gasteiger partial charge in [-0.2, -0.15) is 5.10 Å². The number of carbonyl (C=O) groups excluding carboxylic acids is 3. The van der Waals surface area contributed by atoms with Gasteiger partial charge in [0.25, 0.3) is 11.6 Å². The van der Waals surface area contributed by atoms with E-state index in [1.165, 1.54) is 38.1 Å². The number of rotatable bonds is 9. The lowest BCUT2D eigenvalue weighted by molar-refractivity contribution is -0.384. The number of esters is 1. The van der Waals surface area contributed by atoms with Crippen LogP contribution in [0.3, 0.4) is 0 Å². The summed E-state index contributed by atoms with van der Waals surface area (Å²) in [7, 11) is 0. The van der Waals surface area contributed by atoms with Crippen LogP contribution in [0, 0.1) is 10.1 Å². The summed E-state index contributed by atoms with van der Waals surface area (Å²) in [6.45, 7) is 2.83. The Morgan fingerprint density at radius 1 is 0.975 bits per heavy atom. The van der Waals surface area contributed by atoms with Gasteiger partial charge in [-0.15, -0.1) is 0 Å². The molecule has 2 amide bonds. The number of nitro benzene ring substituents is 1. The molecule has 1 aromatic heterocycles. The molecule has 0 fully saturated rings. The summed E-state index contributed by atoms with van der Waals surface area (Å²) in [4.78, 5) is 47.0. The summed E-state index contributed by atoms with van der Waals surface area (Å²) >= 11 is 0. The van der Waals surface area contributed by atoms with E-state index < -0.39 is 22.9 Å². The van der Waals surface area contributed by atoms with Crippen LogP contribution in [0.2, 0.25) is 0 Å². The minimum absolute atomic E-state index is 0.0920. The van der Waals surface area contributed by atoms with Crippen LogP contribution in [0.15, 0.2) is 91.1 Å². The van der Waals surface area contributed by atoms with E-state index in [1.807, 2.05) is 30.3 Å². The number of nitrogens with zero attached hydrogens (tertiary/aromatic N) is 3. The molecule has 11 nitrogen and oxygen atoms in total. The summed E-state index contributed by atoms with van der Waals surface area (Å²) in [6, 6.07) is 21.8. The Labute approximate surface area is 229 Å². The zero-order valence-electron chi connectivity index (χ0n) is 21.6. The van der Waals surface area contributed by atoms with Gasteiger partial charge in [-0.3, -0.25) is 19.7 Å². The number of amides is 2. The lowest BCUT2D eigenvalue weighted by atomic mass is 10.1. The minimum atomic E-state index is -1.10. The van der Waals surface area contributed by atoms with Crippen LogP contribution >= 0.6 is 0 Å². The lowest BCUT2D eigenvalue weighted by Crippen LogP contribution is -2.29. The van der Waals surface area contributed by atoms with E-state index in [0.717, 1.165) is 5.69 Å². The number of anilines is 2. The van der Waals surface area contributed by atoms with Gasteiger partial charge in [0.15, 0.2) is 6.10 Å². The molecule has 202 valence electrons. The summed E-state index contributed by atoms with van der Waals surface area (Å²) in [5.74, 6) is -1.51. The third-order valence-corrected chi connectivity index (χ3v) is 5.63. The van der Waals surface area contributed by atoms with Crippen molar-refractivity contribution in [1.29, 1.82) is 0 Å². The molecule has 4 rings (SSSR count). The Hall–Kier alpha value is -5.58. The van der Waals surface area contributed by atoms with Crippen molar-refractivity contribution in [1.82, 2.24) is 9.78 Å². The SMILES string of the molecule is CC(=O)Nc1ccc(NC(=O)C(C)OC(=O)/C=C/c2cn(-c3ccccc3)nc2-c2cccc([N+](=O)[O-])c2)cc1. The highest BCUT2D eigenvalue weighted by Gasteiger charge is 2.18. The van der Waals surface area contributed by atoms with Crippen molar-refractivity contribution in [3.63, 3.8) is 0 Å². The maximum atomic E-state index is 12.6. The largest absolute Gasteiger partial charge is 0.449 e. The fraction of sp³-hybridized carbons (Fsp3) is 0.103. The van der Waals surface area contributed by atoms with Crippen LogP contribution in [0.25, 0.3) is 23.0 Å². The molecule has 0 saturated heterocycles. The molecule has 1 atom stereocenters. The summed E-state index contributed by atoms with van der Waals surface area (Å²) in [5, 5.41) is 21.2. The van der Waals surface area contributed by atoms with Gasteiger partial charge < -0.3 is 15.4 Å². The molecule has 0 spiro atoms. The van der Waals surface area contributed by atoms with Crippen molar-refractivity contribution >= 4 is 40.9 Å². The normalized spacial score (nSPS) is 11.6. The molecule has 0 aliphatic carbocycles. The molecular weight excluding hydrogens is 514 g/mol. The summed E-state index contributed by atoms with van der Waals surface area (Å²) in [5.41, 5.74) is 3.14. The van der Waals surface area contributed by atoms with Crippen molar-refractivity contribution in [3.05, 3.63) is 107 Å². The minimum Gasteiger partial charge on any atom is -0.449 e. The second kappa shape index (κ2) is 12.3. The van der Waals surface area contributed by atoms with Crippen LogP contribution in [0.5, 0.6) is 0 Å². The first-order chi connectivity index (χ1) is 19.2. The van der Waals surface area contributed by atoms with Gasteiger partial charge in [0.05, 0.1) is 10.6 Å². The highest BCUT2D eigenvalue weighted by Crippen LogP contribution is 2.28. The Morgan fingerprint density at radius 2 is 1.65 bits per heavy atom. The van der Waals surface area contributed by atoms with Crippen molar-refractivity contribution in [2.24, 2.45) is 0 Å². The Kier molecular flexibility index (Phi) is 8.45. The number of benzene rings is 3. The van der Waals surface area contributed by atoms with Gasteiger partial charge in [0.2, 0.25) is 5.91 Å². The van der Waals surface area contributed by atoms with E-state index >= 15 is 0 Å². The van der Waals surface area contributed by atoms with Crippen molar-refractivity contribution in [2.75, 3.05) is 10.6 Å². The van der Waals surface area contributed by atoms with E-state index in [0.29, 0.717) is 28.2 Å². The van der Waals surface area contributed by atoms with Gasteiger partial charge in [-0.1, -0.05) is 30.3 Å². The van der Waals surface area contributed by atoms with Crippen molar-refractivity contribution in [3.8, 4) is 16.9 Å². The molecule has 1 unspecified atom stereocenters. The number of nitro groups is 1. The van der Waals surface area contributed by atoms with E-state index in [9.17, 15) is 24.5 Å². The maximum Gasteiger partial charge on any atom is 0.331 e. The van der Waals surface area contributed by atoms with Gasteiger partial charge in [0.1, 0.15) is 5.69 Å². The number of para-hydroxylation sites is 1. The Bertz CT molecular complexity index is 1580. The molecule has 2 N–H and O–H groups in total. The number of ether oxygens (including phenoxy) is 1. The van der Waals surface area contributed by atoms with Crippen LogP contribution in [0.4, 0.5) is 17.1 Å². The van der Waals surface area contributed by atoms with Crippen LogP contribution in [0.1, 0.15) is 19.4 Å². The third-order valence-electron chi connectivity index (χ3n) is 5.63. The second-order valence-corrected chi connectivity index (χ2v) is 8.68. The molecule has 11 heteroatoms. The topological polar surface area (TPSA) is 145 Å². The molecule has 0 aliphatic heterocycles. The van der Waals surface area contributed by atoms with Crippen LogP contribution in [-0.2, 0) is 19.1 Å². The molecule has 40 heavy (non-hydrogen) atoms. The van der Waals surface area contributed by atoms with E-state index in [1.54, 1.807) is 47.3 Å². The summed E-state index contributed by atoms with van der Waals surface area (Å²) < 4.78 is 6.86. The standard InChI is InChI=1S/C29H25N5O6/c1-19(29(37)31-24-14-12-23(13-15-24)30-20(2)35)40-27(36)16-11-22-18-33(25-8-4-3-5-9-25)32-28(22)21-7-6-10-26(17-21)34(38)39/h3-19H,1-2H3,(H,30,35)(H,31,37)/b16-11+. The highest BCUT2D eigenvalue weighted by atomic mass is 16.6. The first-order valence-electron chi connectivity index (χ1n) is 12.2. The smallest absolute Gasteiger partial charge is 0.331 e. The number of non-ortho nitro benzene ring substituents is 1. The second-order valence-electron chi connectivity index (χ2n) is 8.68. The van der Waals surface area contributed by atoms with Crippen LogP contribution < -0.4 is 10.6 Å². The first kappa shape index (κ1) is 27.5. The number of aromatic nitrogens is 2. The number of hydrogen-bond donors (Lipinski definition) is 2. The fourth-order valence-corrected chi connectivity index (χ4v) is 3.72. The predicted molar refractivity (Wildman–Crippen MR) is 150 cm³/mol. The molecule has 3 aromatic carbocycles. The monoisotopic (exact) mass is 539 g/mol. The molecule has 0 bridgehead atoms. The highest BCUT2D eigenvalue weighted by molar-refractivity contribution is 5.97. The maximum absolute atomic E-state index is 12.6. The van der Waals surface area contributed by atoms with Crippen molar-refractivity contribution in [2.45, 2.75) is 20.0 Å². The first-order valence-corrected chi connectivity index (χ1v) is 12.2. The Balaban J connectivity index is 1.49. The number of hydrogen-bond acceptors (Lipinski definition) is 7. The summed E-state index contributed by atoms with van der Waals surface area (Å²) in [6.07, 6.45) is 3.23. The van der Waals surface area contributed by atoms with E-state index in [2.05, 4.69) is 15.7 Å². The van der Waals surface area contributed by atoms with Gasteiger partial charge in [-0.05, 0) is 49.4 Å². The average molecular weight is 540 g/mol. The van der Waals surface area contributed by atoms with Gasteiger partial charge in [-0.25, -0.2) is 9.48 Å². The van der Waals surface area contributed by atoms with Crippen LogP contribution in [-0.4, -0.2) is 38.6 Å². The molecule has 4 aromatic rings. The fourth-order valence-electron chi connectivity index (χ4n) is 3.72. The van der Waals surface area contributed by atoms with Gasteiger partial charge >= 0.3 is 5.97 Å². The zero-order chi connectivity index (χ0) is 28.6. The van der Waals surface area contributed by atoms with E-state index in [4.69, 9.17) is 4.74 Å². The Morgan fingerprint density at radius 3 is 2.30 bits per heavy atom. The molecule has 1 heterocycles. The van der Waals surface area contributed by atoms with Gasteiger partial charge in [0, 0.05) is 53.8 Å². The predicted octanol–water partition coefficient (Wildman–Crippen LogP) is 4.99. The van der Waals surface area contributed by atoms with E-state index in [-0.39, 0.29) is 11.6 Å². The third kappa shape index (κ3) is 7.04. The zero-order valence-corrected chi connectivity index (χ0v) is 21.6. The molecular formula is C29H25N5O6. The quantitative estimate of drug-likeness (QED) is 0.132. The molecule has 0 aliphatic rings. The number of nitrogens with one attached hydrogen (secondary N) is 2. The number of carbonyl (C=O) groups is 3. The molecule has 0 saturated carbocycles. The lowest BCUT2D eigenvalue weighted by Gasteiger charge is -2.12. The van der Waals surface area contributed by atoms with Crippen molar-refractivity contribution < 1.29 is 24.0 Å². The molecule has 0 radical (unpaired) electrons.